The molecule has 1 N–H and O–H groups in total. The number of anilines is 1. The molecule has 0 radical (unpaired) electrons. The first-order valence-corrected chi connectivity index (χ1v) is 8.16. The first-order valence-electron chi connectivity index (χ1n) is 7.37. The van der Waals surface area contributed by atoms with Gasteiger partial charge >= 0.3 is 0 Å². The molecule has 0 saturated heterocycles. The van der Waals surface area contributed by atoms with Crippen LogP contribution in [0.2, 0.25) is 0 Å². The summed E-state index contributed by atoms with van der Waals surface area (Å²) in [5.41, 5.74) is 2.03. The molecule has 0 saturated carbocycles. The third-order valence-corrected chi connectivity index (χ3v) is 4.17. The van der Waals surface area contributed by atoms with Crippen LogP contribution in [0.1, 0.15) is 31.7 Å². The molecule has 2 aromatic rings. The maximum Gasteiger partial charge on any atom is 0.262 e. The quantitative estimate of drug-likeness (QED) is 0.787. The number of nitrogens with one attached hydrogen (secondary N) is 1. The van der Waals surface area contributed by atoms with Crippen molar-refractivity contribution in [3.63, 3.8) is 0 Å². The molecule has 116 valence electrons. The summed E-state index contributed by atoms with van der Waals surface area (Å²) in [4.78, 5) is 11.9. The second kappa shape index (κ2) is 7.99. The second-order valence-electron chi connectivity index (χ2n) is 5.20. The van der Waals surface area contributed by atoms with Gasteiger partial charge in [0.15, 0.2) is 6.61 Å². The molecule has 2 rings (SSSR count). The highest BCUT2D eigenvalue weighted by molar-refractivity contribution is 9.10. The molecule has 0 bridgehead atoms. The van der Waals surface area contributed by atoms with E-state index < -0.39 is 0 Å². The topological polar surface area (TPSA) is 38.3 Å². The maximum atomic E-state index is 11.9. The number of carbonyl (C=O) groups excluding carboxylic acids is 1. The van der Waals surface area contributed by atoms with Gasteiger partial charge in [0.2, 0.25) is 0 Å². The van der Waals surface area contributed by atoms with E-state index in [1.165, 1.54) is 5.56 Å². The monoisotopic (exact) mass is 361 g/mol. The van der Waals surface area contributed by atoms with Crippen LogP contribution in [0.3, 0.4) is 0 Å². The molecule has 1 amide bonds. The van der Waals surface area contributed by atoms with Crippen molar-refractivity contribution >= 4 is 27.5 Å². The molecular formula is C18H20BrNO2. The number of carbonyl (C=O) groups is 1. The fourth-order valence-corrected chi connectivity index (χ4v) is 2.55. The van der Waals surface area contributed by atoms with Crippen LogP contribution in [-0.2, 0) is 4.79 Å². The normalized spacial score (nSPS) is 11.8. The Morgan fingerprint density at radius 3 is 2.59 bits per heavy atom. The van der Waals surface area contributed by atoms with Gasteiger partial charge in [-0.1, -0.05) is 38.1 Å². The van der Waals surface area contributed by atoms with Crippen LogP contribution >= 0.6 is 15.9 Å². The van der Waals surface area contributed by atoms with Gasteiger partial charge in [0.25, 0.3) is 5.91 Å². The standard InChI is InChI=1S/C18H20BrNO2/c1-3-13(2)14-9-10-17(16(19)11-14)22-12-18(21)20-15-7-5-4-6-8-15/h4-11,13H,3,12H2,1-2H3,(H,20,21). The van der Waals surface area contributed by atoms with Crippen LogP contribution in [0.15, 0.2) is 53.0 Å². The molecule has 2 aromatic carbocycles. The third kappa shape index (κ3) is 4.60. The minimum atomic E-state index is -0.177. The van der Waals surface area contributed by atoms with E-state index in [1.807, 2.05) is 42.5 Å². The average Bonchev–Trinajstić information content (AvgIpc) is 2.53. The van der Waals surface area contributed by atoms with E-state index in [-0.39, 0.29) is 12.5 Å². The van der Waals surface area contributed by atoms with Crippen molar-refractivity contribution in [1.82, 2.24) is 0 Å². The van der Waals surface area contributed by atoms with Crippen molar-refractivity contribution < 1.29 is 9.53 Å². The number of amides is 1. The number of halogens is 1. The van der Waals surface area contributed by atoms with Gasteiger partial charge < -0.3 is 10.1 Å². The van der Waals surface area contributed by atoms with Gasteiger partial charge in [-0.3, -0.25) is 4.79 Å². The number of para-hydroxylation sites is 1. The largest absolute Gasteiger partial charge is 0.483 e. The Labute approximate surface area is 139 Å². The molecule has 0 aliphatic heterocycles. The molecule has 0 heterocycles. The molecule has 22 heavy (non-hydrogen) atoms. The molecule has 0 spiro atoms. The Balaban J connectivity index is 1.92. The Morgan fingerprint density at radius 2 is 1.95 bits per heavy atom. The van der Waals surface area contributed by atoms with Crippen molar-refractivity contribution in [3.8, 4) is 5.75 Å². The highest BCUT2D eigenvalue weighted by Crippen LogP contribution is 2.30. The highest BCUT2D eigenvalue weighted by Gasteiger charge is 2.09. The fraction of sp³-hybridized carbons (Fsp3) is 0.278. The molecule has 4 heteroatoms. The zero-order valence-electron chi connectivity index (χ0n) is 12.8. The fourth-order valence-electron chi connectivity index (χ4n) is 2.04. The van der Waals surface area contributed by atoms with Crippen LogP contribution in [0.25, 0.3) is 0 Å². The van der Waals surface area contributed by atoms with Gasteiger partial charge in [-0.2, -0.15) is 0 Å². The maximum absolute atomic E-state index is 11.9. The molecule has 0 aliphatic carbocycles. The molecule has 1 unspecified atom stereocenters. The highest BCUT2D eigenvalue weighted by atomic mass is 79.9. The molecular weight excluding hydrogens is 342 g/mol. The van der Waals surface area contributed by atoms with E-state index in [1.54, 1.807) is 0 Å². The minimum absolute atomic E-state index is 0.0177. The number of benzene rings is 2. The van der Waals surface area contributed by atoms with E-state index >= 15 is 0 Å². The number of hydrogen-bond donors (Lipinski definition) is 1. The zero-order chi connectivity index (χ0) is 15.9. The SMILES string of the molecule is CCC(C)c1ccc(OCC(=O)Nc2ccccc2)c(Br)c1. The van der Waals surface area contributed by atoms with Crippen molar-refractivity contribution in [2.45, 2.75) is 26.2 Å². The Morgan fingerprint density at radius 1 is 1.23 bits per heavy atom. The average molecular weight is 362 g/mol. The van der Waals surface area contributed by atoms with Crippen molar-refractivity contribution in [2.75, 3.05) is 11.9 Å². The van der Waals surface area contributed by atoms with Crippen LogP contribution < -0.4 is 10.1 Å². The summed E-state index contributed by atoms with van der Waals surface area (Å²) in [6, 6.07) is 15.3. The van der Waals surface area contributed by atoms with Crippen LogP contribution in [0.4, 0.5) is 5.69 Å². The molecule has 0 fully saturated rings. The predicted octanol–water partition coefficient (Wildman–Crippen LogP) is 4.98. The lowest BCUT2D eigenvalue weighted by atomic mass is 9.99. The first kappa shape index (κ1) is 16.6. The van der Waals surface area contributed by atoms with Crippen LogP contribution in [0.5, 0.6) is 5.75 Å². The van der Waals surface area contributed by atoms with E-state index in [0.29, 0.717) is 11.7 Å². The second-order valence-corrected chi connectivity index (χ2v) is 6.06. The molecule has 0 aliphatic rings. The Bertz CT molecular complexity index is 628. The van der Waals surface area contributed by atoms with Gasteiger partial charge in [-0.25, -0.2) is 0 Å². The number of hydrogen-bond acceptors (Lipinski definition) is 2. The van der Waals surface area contributed by atoms with Gasteiger partial charge in [-0.15, -0.1) is 0 Å². The summed E-state index contributed by atoms with van der Waals surface area (Å²) in [5.74, 6) is 1.01. The van der Waals surface area contributed by atoms with E-state index in [4.69, 9.17) is 4.74 Å². The van der Waals surface area contributed by atoms with Crippen LogP contribution in [-0.4, -0.2) is 12.5 Å². The van der Waals surface area contributed by atoms with Gasteiger partial charge in [-0.05, 0) is 58.1 Å². The van der Waals surface area contributed by atoms with Crippen molar-refractivity contribution in [3.05, 3.63) is 58.6 Å². The lowest BCUT2D eigenvalue weighted by molar-refractivity contribution is -0.118. The van der Waals surface area contributed by atoms with Crippen molar-refractivity contribution in [2.24, 2.45) is 0 Å². The summed E-state index contributed by atoms with van der Waals surface area (Å²) >= 11 is 3.50. The van der Waals surface area contributed by atoms with E-state index in [9.17, 15) is 4.79 Å². The summed E-state index contributed by atoms with van der Waals surface area (Å²) in [7, 11) is 0. The lowest BCUT2D eigenvalue weighted by Gasteiger charge is -2.13. The van der Waals surface area contributed by atoms with Gasteiger partial charge in [0, 0.05) is 5.69 Å². The van der Waals surface area contributed by atoms with Gasteiger partial charge in [0.1, 0.15) is 5.75 Å². The minimum Gasteiger partial charge on any atom is -0.483 e. The third-order valence-electron chi connectivity index (χ3n) is 3.55. The molecule has 1 atom stereocenters. The Hall–Kier alpha value is -1.81. The lowest BCUT2D eigenvalue weighted by Crippen LogP contribution is -2.20. The number of rotatable bonds is 6. The first-order chi connectivity index (χ1) is 10.6. The number of ether oxygens (including phenoxy) is 1. The van der Waals surface area contributed by atoms with Crippen LogP contribution in [0, 0.1) is 0 Å². The summed E-state index contributed by atoms with van der Waals surface area (Å²) in [5, 5.41) is 2.79. The molecule has 3 nitrogen and oxygen atoms in total. The smallest absolute Gasteiger partial charge is 0.262 e. The van der Waals surface area contributed by atoms with Gasteiger partial charge in [0.05, 0.1) is 4.47 Å². The van der Waals surface area contributed by atoms with E-state index in [0.717, 1.165) is 16.6 Å². The van der Waals surface area contributed by atoms with E-state index in [2.05, 4.69) is 41.2 Å². The summed E-state index contributed by atoms with van der Waals surface area (Å²) < 4.78 is 6.45. The molecule has 0 aromatic heterocycles. The zero-order valence-corrected chi connectivity index (χ0v) is 14.4. The Kier molecular flexibility index (Phi) is 6.01. The summed E-state index contributed by atoms with van der Waals surface area (Å²) in [6.07, 6.45) is 1.09. The summed E-state index contributed by atoms with van der Waals surface area (Å²) in [6.45, 7) is 4.34. The predicted molar refractivity (Wildman–Crippen MR) is 93.4 cm³/mol. The van der Waals surface area contributed by atoms with Crippen molar-refractivity contribution in [1.29, 1.82) is 0 Å².